The summed E-state index contributed by atoms with van der Waals surface area (Å²) in [4.78, 5) is 0. The molecule has 0 aliphatic heterocycles. The summed E-state index contributed by atoms with van der Waals surface area (Å²) in [7, 11) is 0. The Labute approximate surface area is 103 Å². The zero-order valence-electron chi connectivity index (χ0n) is 10.6. The molecule has 2 N–H and O–H groups in total. The summed E-state index contributed by atoms with van der Waals surface area (Å²) in [5.41, 5.74) is 8.29. The van der Waals surface area contributed by atoms with Crippen molar-refractivity contribution in [3.63, 3.8) is 0 Å². The van der Waals surface area contributed by atoms with E-state index in [1.165, 1.54) is 57.1 Å². The quantitative estimate of drug-likeness (QED) is 0.815. The largest absolute Gasteiger partial charge is 0.325 e. The second-order valence-electron chi connectivity index (χ2n) is 5.63. The van der Waals surface area contributed by atoms with Crippen molar-refractivity contribution in [3.05, 3.63) is 17.5 Å². The van der Waals surface area contributed by atoms with E-state index in [-0.39, 0.29) is 0 Å². The summed E-state index contributed by atoms with van der Waals surface area (Å²) in [6.45, 7) is 0.583. The fraction of sp³-hybridized carbons (Fsp3) is 0.786. The van der Waals surface area contributed by atoms with Gasteiger partial charge in [0.05, 0.1) is 11.7 Å². The molecule has 3 rings (SSSR count). The van der Waals surface area contributed by atoms with Crippen LogP contribution in [0.1, 0.15) is 74.7 Å². The predicted molar refractivity (Wildman–Crippen MR) is 68.8 cm³/mol. The van der Waals surface area contributed by atoms with Crippen LogP contribution in [0.4, 0.5) is 0 Å². The van der Waals surface area contributed by atoms with Crippen LogP contribution >= 0.6 is 0 Å². The van der Waals surface area contributed by atoms with Gasteiger partial charge in [0.2, 0.25) is 0 Å². The van der Waals surface area contributed by atoms with Gasteiger partial charge in [-0.15, -0.1) is 0 Å². The van der Waals surface area contributed by atoms with Crippen LogP contribution in [0.25, 0.3) is 0 Å². The van der Waals surface area contributed by atoms with Gasteiger partial charge in [-0.1, -0.05) is 25.7 Å². The van der Waals surface area contributed by atoms with Gasteiger partial charge in [-0.3, -0.25) is 4.68 Å². The van der Waals surface area contributed by atoms with Gasteiger partial charge < -0.3 is 5.73 Å². The highest BCUT2D eigenvalue weighted by atomic mass is 15.3. The molecule has 94 valence electrons. The molecule has 0 saturated heterocycles. The summed E-state index contributed by atoms with van der Waals surface area (Å²) in [6, 6.07) is 2.90. The SMILES string of the molecule is NCc1cc(C2CC2)n(C2CCCCCC2)n1. The Kier molecular flexibility index (Phi) is 3.19. The van der Waals surface area contributed by atoms with Gasteiger partial charge in [0.1, 0.15) is 0 Å². The molecule has 1 aromatic heterocycles. The molecule has 1 heterocycles. The number of aromatic nitrogens is 2. The summed E-state index contributed by atoms with van der Waals surface area (Å²) in [5.74, 6) is 0.783. The summed E-state index contributed by atoms with van der Waals surface area (Å²) >= 11 is 0. The van der Waals surface area contributed by atoms with Crippen LogP contribution in [0.2, 0.25) is 0 Å². The lowest BCUT2D eigenvalue weighted by atomic mass is 10.1. The van der Waals surface area contributed by atoms with E-state index in [1.54, 1.807) is 0 Å². The number of rotatable bonds is 3. The molecule has 1 aromatic rings. The van der Waals surface area contributed by atoms with E-state index < -0.39 is 0 Å². The molecule has 3 heteroatoms. The second kappa shape index (κ2) is 4.81. The molecule has 0 amide bonds. The third-order valence-electron chi connectivity index (χ3n) is 4.19. The molecule has 0 unspecified atom stereocenters. The van der Waals surface area contributed by atoms with Crippen molar-refractivity contribution in [3.8, 4) is 0 Å². The minimum Gasteiger partial charge on any atom is -0.325 e. The van der Waals surface area contributed by atoms with E-state index in [9.17, 15) is 0 Å². The van der Waals surface area contributed by atoms with Gasteiger partial charge in [0.15, 0.2) is 0 Å². The predicted octanol–water partition coefficient (Wildman–Crippen LogP) is 3.11. The Morgan fingerprint density at radius 1 is 1.12 bits per heavy atom. The van der Waals surface area contributed by atoms with Crippen LogP contribution in [0.3, 0.4) is 0 Å². The molecule has 0 aromatic carbocycles. The first-order valence-electron chi connectivity index (χ1n) is 7.17. The summed E-state index contributed by atoms with van der Waals surface area (Å²) in [5, 5.41) is 4.75. The third-order valence-corrected chi connectivity index (χ3v) is 4.19. The number of nitrogens with two attached hydrogens (primary N) is 1. The van der Waals surface area contributed by atoms with Crippen LogP contribution in [0.5, 0.6) is 0 Å². The lowest BCUT2D eigenvalue weighted by molar-refractivity contribution is 0.391. The van der Waals surface area contributed by atoms with Crippen molar-refractivity contribution in [2.45, 2.75) is 69.9 Å². The lowest BCUT2D eigenvalue weighted by Crippen LogP contribution is -2.13. The maximum atomic E-state index is 5.74. The van der Waals surface area contributed by atoms with Crippen LogP contribution in [-0.4, -0.2) is 9.78 Å². The molecule has 2 aliphatic carbocycles. The fourth-order valence-electron chi connectivity index (χ4n) is 3.04. The molecule has 0 atom stereocenters. The first-order valence-corrected chi connectivity index (χ1v) is 7.17. The normalized spacial score (nSPS) is 22.6. The molecule has 3 nitrogen and oxygen atoms in total. The summed E-state index contributed by atoms with van der Waals surface area (Å²) < 4.78 is 2.34. The van der Waals surface area contributed by atoms with E-state index in [2.05, 4.69) is 10.7 Å². The molecule has 0 radical (unpaired) electrons. The van der Waals surface area contributed by atoms with Crippen molar-refractivity contribution < 1.29 is 0 Å². The van der Waals surface area contributed by atoms with Gasteiger partial charge in [-0.05, 0) is 31.7 Å². The van der Waals surface area contributed by atoms with Crippen molar-refractivity contribution in [2.24, 2.45) is 5.73 Å². The molecule has 0 bridgehead atoms. The fourth-order valence-corrected chi connectivity index (χ4v) is 3.04. The van der Waals surface area contributed by atoms with Gasteiger partial charge in [-0.25, -0.2) is 0 Å². The number of hydrogen-bond acceptors (Lipinski definition) is 2. The van der Waals surface area contributed by atoms with E-state index in [1.807, 2.05) is 0 Å². The zero-order chi connectivity index (χ0) is 11.7. The van der Waals surface area contributed by atoms with Crippen LogP contribution < -0.4 is 5.73 Å². The Morgan fingerprint density at radius 2 is 1.82 bits per heavy atom. The van der Waals surface area contributed by atoms with Crippen molar-refractivity contribution >= 4 is 0 Å². The molecular weight excluding hydrogens is 210 g/mol. The summed E-state index contributed by atoms with van der Waals surface area (Å²) in [6.07, 6.45) is 10.9. The standard InChI is InChI=1S/C14H23N3/c15-10-12-9-14(11-7-8-11)17(16-12)13-5-3-1-2-4-6-13/h9,11,13H,1-8,10,15H2. The second-order valence-corrected chi connectivity index (χ2v) is 5.63. The topological polar surface area (TPSA) is 43.8 Å². The highest BCUT2D eigenvalue weighted by Gasteiger charge is 2.30. The monoisotopic (exact) mass is 233 g/mol. The minimum atomic E-state index is 0.583. The van der Waals surface area contributed by atoms with Gasteiger partial charge in [0.25, 0.3) is 0 Å². The molecule has 2 fully saturated rings. The first kappa shape index (κ1) is 11.3. The van der Waals surface area contributed by atoms with Crippen molar-refractivity contribution in [1.29, 1.82) is 0 Å². The van der Waals surface area contributed by atoms with Crippen LogP contribution in [-0.2, 0) is 6.54 Å². The molecule has 17 heavy (non-hydrogen) atoms. The van der Waals surface area contributed by atoms with Gasteiger partial charge >= 0.3 is 0 Å². The first-order chi connectivity index (χ1) is 8.38. The Hall–Kier alpha value is -0.830. The molecular formula is C14H23N3. The van der Waals surface area contributed by atoms with Gasteiger partial charge in [0, 0.05) is 18.2 Å². The van der Waals surface area contributed by atoms with Gasteiger partial charge in [-0.2, -0.15) is 5.10 Å². The highest BCUT2D eigenvalue weighted by molar-refractivity contribution is 5.20. The van der Waals surface area contributed by atoms with Crippen LogP contribution in [0, 0.1) is 0 Å². The molecule has 2 saturated carbocycles. The average Bonchev–Trinajstić information content (AvgIpc) is 3.14. The Morgan fingerprint density at radius 3 is 2.41 bits per heavy atom. The Bertz CT molecular complexity index is 371. The average molecular weight is 233 g/mol. The van der Waals surface area contributed by atoms with E-state index in [4.69, 9.17) is 10.8 Å². The molecule has 2 aliphatic rings. The molecule has 0 spiro atoms. The zero-order valence-corrected chi connectivity index (χ0v) is 10.6. The minimum absolute atomic E-state index is 0.583. The van der Waals surface area contributed by atoms with Crippen LogP contribution in [0.15, 0.2) is 6.07 Å². The lowest BCUT2D eigenvalue weighted by Gasteiger charge is -2.18. The third kappa shape index (κ3) is 2.39. The van der Waals surface area contributed by atoms with E-state index in [0.717, 1.165) is 11.6 Å². The van der Waals surface area contributed by atoms with Crippen molar-refractivity contribution in [1.82, 2.24) is 9.78 Å². The smallest absolute Gasteiger partial charge is 0.0763 e. The Balaban J connectivity index is 1.85. The number of nitrogens with zero attached hydrogens (tertiary/aromatic N) is 2. The highest BCUT2D eigenvalue weighted by Crippen LogP contribution is 2.42. The maximum absolute atomic E-state index is 5.74. The van der Waals surface area contributed by atoms with Crippen molar-refractivity contribution in [2.75, 3.05) is 0 Å². The number of hydrogen-bond donors (Lipinski definition) is 1. The maximum Gasteiger partial charge on any atom is 0.0763 e. The van der Waals surface area contributed by atoms with E-state index >= 15 is 0 Å². The van der Waals surface area contributed by atoms with E-state index in [0.29, 0.717) is 12.6 Å².